The number of ether oxygens (including phenoxy) is 1. The van der Waals surface area contributed by atoms with Crippen LogP contribution in [0.1, 0.15) is 11.1 Å². The minimum Gasteiger partial charge on any atom is -0.376 e. The predicted molar refractivity (Wildman–Crippen MR) is 88.2 cm³/mol. The SMILES string of the molecule is COC1(CNC(=O)C(=O)NCCN(C)C)Cc2ccccc2C1. The van der Waals surface area contributed by atoms with Gasteiger partial charge in [-0.2, -0.15) is 0 Å². The molecule has 0 saturated heterocycles. The fourth-order valence-electron chi connectivity index (χ4n) is 2.80. The topological polar surface area (TPSA) is 70.7 Å². The van der Waals surface area contributed by atoms with Crippen molar-refractivity contribution < 1.29 is 14.3 Å². The fraction of sp³-hybridized carbons (Fsp3) is 0.529. The Hall–Kier alpha value is -1.92. The summed E-state index contributed by atoms with van der Waals surface area (Å²) in [6.07, 6.45) is 1.48. The van der Waals surface area contributed by atoms with E-state index >= 15 is 0 Å². The van der Waals surface area contributed by atoms with Crippen molar-refractivity contribution in [3.8, 4) is 0 Å². The van der Waals surface area contributed by atoms with Crippen molar-refractivity contribution in [1.82, 2.24) is 15.5 Å². The maximum Gasteiger partial charge on any atom is 0.309 e. The summed E-state index contributed by atoms with van der Waals surface area (Å²) in [6, 6.07) is 8.15. The van der Waals surface area contributed by atoms with Crippen LogP contribution in [0, 0.1) is 0 Å². The highest BCUT2D eigenvalue weighted by molar-refractivity contribution is 6.35. The molecule has 6 nitrogen and oxygen atoms in total. The summed E-state index contributed by atoms with van der Waals surface area (Å²) in [5.74, 6) is -1.22. The molecule has 0 aromatic heterocycles. The molecule has 6 heteroatoms. The second kappa shape index (κ2) is 7.57. The van der Waals surface area contributed by atoms with Crippen LogP contribution in [0.4, 0.5) is 0 Å². The van der Waals surface area contributed by atoms with Crippen molar-refractivity contribution in [1.29, 1.82) is 0 Å². The number of carbonyl (C=O) groups is 2. The maximum atomic E-state index is 11.9. The third-order valence-corrected chi connectivity index (χ3v) is 4.20. The second-order valence-corrected chi connectivity index (χ2v) is 6.25. The summed E-state index contributed by atoms with van der Waals surface area (Å²) in [4.78, 5) is 25.6. The van der Waals surface area contributed by atoms with E-state index in [0.29, 0.717) is 19.6 Å². The minimum absolute atomic E-state index is 0.318. The summed E-state index contributed by atoms with van der Waals surface area (Å²) in [7, 11) is 5.47. The van der Waals surface area contributed by atoms with Gasteiger partial charge in [-0.05, 0) is 25.2 Å². The zero-order valence-electron chi connectivity index (χ0n) is 14.0. The molecule has 2 N–H and O–H groups in total. The lowest BCUT2D eigenvalue weighted by Gasteiger charge is -2.27. The van der Waals surface area contributed by atoms with Crippen molar-refractivity contribution in [3.05, 3.63) is 35.4 Å². The van der Waals surface area contributed by atoms with Crippen LogP contribution in [0.2, 0.25) is 0 Å². The van der Waals surface area contributed by atoms with E-state index in [2.05, 4.69) is 22.8 Å². The molecule has 0 fully saturated rings. The molecule has 1 aliphatic rings. The zero-order chi connectivity index (χ0) is 16.9. The summed E-state index contributed by atoms with van der Waals surface area (Å²) in [5, 5.41) is 5.30. The third kappa shape index (κ3) is 4.53. The third-order valence-electron chi connectivity index (χ3n) is 4.20. The molecule has 0 spiro atoms. The van der Waals surface area contributed by atoms with Gasteiger partial charge in [0, 0.05) is 39.6 Å². The number of likely N-dealkylation sites (N-methyl/N-ethyl adjacent to an activating group) is 1. The van der Waals surface area contributed by atoms with E-state index in [4.69, 9.17) is 4.74 Å². The number of nitrogens with zero attached hydrogens (tertiary/aromatic N) is 1. The summed E-state index contributed by atoms with van der Waals surface area (Å²) >= 11 is 0. The van der Waals surface area contributed by atoms with Crippen molar-refractivity contribution in [2.24, 2.45) is 0 Å². The van der Waals surface area contributed by atoms with Gasteiger partial charge >= 0.3 is 11.8 Å². The molecule has 0 bridgehead atoms. The van der Waals surface area contributed by atoms with Crippen molar-refractivity contribution >= 4 is 11.8 Å². The molecule has 126 valence electrons. The van der Waals surface area contributed by atoms with Gasteiger partial charge in [0.05, 0.1) is 5.60 Å². The number of nitrogens with one attached hydrogen (secondary N) is 2. The minimum atomic E-state index is -0.615. The van der Waals surface area contributed by atoms with Gasteiger partial charge in [-0.25, -0.2) is 0 Å². The average Bonchev–Trinajstić information content (AvgIpc) is 2.91. The Labute approximate surface area is 137 Å². The van der Waals surface area contributed by atoms with Crippen LogP contribution >= 0.6 is 0 Å². The molecular formula is C17H25N3O3. The predicted octanol–water partition coefficient (Wildman–Crippen LogP) is -0.0356. The van der Waals surface area contributed by atoms with Gasteiger partial charge < -0.3 is 20.3 Å². The van der Waals surface area contributed by atoms with Gasteiger partial charge in [-0.3, -0.25) is 9.59 Å². The highest BCUT2D eigenvalue weighted by atomic mass is 16.5. The number of hydrogen-bond donors (Lipinski definition) is 2. The molecule has 2 rings (SSSR count). The molecule has 2 amide bonds. The highest BCUT2D eigenvalue weighted by Crippen LogP contribution is 2.31. The van der Waals surface area contributed by atoms with Gasteiger partial charge in [-0.1, -0.05) is 24.3 Å². The van der Waals surface area contributed by atoms with Crippen LogP contribution in [0.25, 0.3) is 0 Å². The van der Waals surface area contributed by atoms with E-state index in [9.17, 15) is 9.59 Å². The van der Waals surface area contributed by atoms with E-state index in [0.717, 1.165) is 12.8 Å². The Kier molecular flexibility index (Phi) is 5.74. The largest absolute Gasteiger partial charge is 0.376 e. The Balaban J connectivity index is 1.84. The number of carbonyl (C=O) groups excluding carboxylic acids is 2. The van der Waals surface area contributed by atoms with E-state index in [1.807, 2.05) is 31.1 Å². The van der Waals surface area contributed by atoms with E-state index in [-0.39, 0.29) is 0 Å². The summed E-state index contributed by atoms with van der Waals surface area (Å²) < 4.78 is 5.67. The van der Waals surface area contributed by atoms with Gasteiger partial charge in [0.25, 0.3) is 0 Å². The first-order valence-electron chi connectivity index (χ1n) is 7.78. The highest BCUT2D eigenvalue weighted by Gasteiger charge is 2.37. The zero-order valence-corrected chi connectivity index (χ0v) is 14.0. The Morgan fingerprint density at radius 2 is 1.70 bits per heavy atom. The van der Waals surface area contributed by atoms with E-state index in [1.165, 1.54) is 11.1 Å². The first-order valence-corrected chi connectivity index (χ1v) is 7.78. The van der Waals surface area contributed by atoms with Crippen LogP contribution in [0.15, 0.2) is 24.3 Å². The summed E-state index contributed by atoms with van der Waals surface area (Å²) in [6.45, 7) is 1.45. The van der Waals surface area contributed by atoms with Crippen LogP contribution in [-0.4, -0.2) is 63.2 Å². The molecule has 0 aliphatic heterocycles. The Morgan fingerprint density at radius 3 is 2.22 bits per heavy atom. The normalized spacial score (nSPS) is 15.3. The quantitative estimate of drug-likeness (QED) is 0.722. The lowest BCUT2D eigenvalue weighted by Crippen LogP contribution is -2.49. The van der Waals surface area contributed by atoms with Gasteiger partial charge in [0.15, 0.2) is 0 Å². The number of amides is 2. The first-order chi connectivity index (χ1) is 11.0. The van der Waals surface area contributed by atoms with Crippen LogP contribution in [-0.2, 0) is 27.2 Å². The standard InChI is InChI=1S/C17H25N3O3/c1-20(2)9-8-18-15(21)16(22)19-12-17(23-3)10-13-6-4-5-7-14(13)11-17/h4-7H,8-12H2,1-3H3,(H,18,21)(H,19,22). The lowest BCUT2D eigenvalue weighted by atomic mass is 10.00. The monoisotopic (exact) mass is 319 g/mol. The van der Waals surface area contributed by atoms with Gasteiger partial charge in [0.1, 0.15) is 0 Å². The molecule has 1 aliphatic carbocycles. The number of benzene rings is 1. The first kappa shape index (κ1) is 17.4. The Morgan fingerprint density at radius 1 is 1.13 bits per heavy atom. The van der Waals surface area contributed by atoms with Gasteiger partial charge in [0.2, 0.25) is 0 Å². The average molecular weight is 319 g/mol. The number of hydrogen-bond acceptors (Lipinski definition) is 4. The molecule has 0 saturated carbocycles. The summed E-state index contributed by atoms with van der Waals surface area (Å²) in [5.41, 5.74) is 2.00. The van der Waals surface area contributed by atoms with Crippen LogP contribution in [0.3, 0.4) is 0 Å². The van der Waals surface area contributed by atoms with Crippen LogP contribution in [0.5, 0.6) is 0 Å². The second-order valence-electron chi connectivity index (χ2n) is 6.25. The molecule has 0 heterocycles. The van der Waals surface area contributed by atoms with E-state index in [1.54, 1.807) is 7.11 Å². The molecule has 23 heavy (non-hydrogen) atoms. The lowest BCUT2D eigenvalue weighted by molar-refractivity contribution is -0.140. The number of methoxy groups -OCH3 is 1. The van der Waals surface area contributed by atoms with Crippen molar-refractivity contribution in [2.75, 3.05) is 40.8 Å². The van der Waals surface area contributed by atoms with Crippen LogP contribution < -0.4 is 10.6 Å². The molecular weight excluding hydrogens is 294 g/mol. The van der Waals surface area contributed by atoms with Crippen molar-refractivity contribution in [3.63, 3.8) is 0 Å². The van der Waals surface area contributed by atoms with Crippen molar-refractivity contribution in [2.45, 2.75) is 18.4 Å². The molecule has 0 atom stereocenters. The van der Waals surface area contributed by atoms with E-state index < -0.39 is 17.4 Å². The number of fused-ring (bicyclic) bond motifs is 1. The number of rotatable bonds is 6. The molecule has 0 radical (unpaired) electrons. The molecule has 0 unspecified atom stereocenters. The molecule has 1 aromatic carbocycles. The Bertz CT molecular complexity index is 547. The fourth-order valence-corrected chi connectivity index (χ4v) is 2.80. The molecule has 1 aromatic rings. The smallest absolute Gasteiger partial charge is 0.309 e. The van der Waals surface area contributed by atoms with Gasteiger partial charge in [-0.15, -0.1) is 0 Å². The maximum absolute atomic E-state index is 11.9.